The van der Waals surface area contributed by atoms with Gasteiger partial charge in [-0.1, -0.05) is 31.5 Å². The summed E-state index contributed by atoms with van der Waals surface area (Å²) in [5.74, 6) is 1.04. The van der Waals surface area contributed by atoms with Crippen molar-refractivity contribution < 1.29 is 23.7 Å². The standard InChI is InChI=1S/C26H28N2O5/c1-6-7-12-28-20-11-9-8-10-17(20)18-15-19(26(29)33-5)27-23(24(18)28)16-13-21(30-2)25(32-4)22(14-16)31-3/h8-11,13-15H,6-7,12H2,1-5H3. The van der Waals surface area contributed by atoms with Crippen molar-refractivity contribution in [2.45, 2.75) is 26.3 Å². The number of hydrogen-bond donors (Lipinski definition) is 0. The van der Waals surface area contributed by atoms with Crippen molar-refractivity contribution >= 4 is 27.8 Å². The molecule has 0 N–H and O–H groups in total. The van der Waals surface area contributed by atoms with Crippen molar-refractivity contribution in [1.29, 1.82) is 0 Å². The lowest BCUT2D eigenvalue weighted by molar-refractivity contribution is 0.0594. The van der Waals surface area contributed by atoms with Gasteiger partial charge in [-0.15, -0.1) is 0 Å². The van der Waals surface area contributed by atoms with Crippen LogP contribution in [-0.2, 0) is 11.3 Å². The maximum absolute atomic E-state index is 12.5. The van der Waals surface area contributed by atoms with E-state index in [9.17, 15) is 4.79 Å². The Bertz CT molecular complexity index is 1300. The lowest BCUT2D eigenvalue weighted by Gasteiger charge is -2.16. The van der Waals surface area contributed by atoms with Crippen LogP contribution in [0.4, 0.5) is 0 Å². The van der Waals surface area contributed by atoms with Gasteiger partial charge < -0.3 is 23.5 Å². The predicted molar refractivity (Wildman–Crippen MR) is 129 cm³/mol. The number of carbonyl (C=O) groups excluding carboxylic acids is 1. The van der Waals surface area contributed by atoms with E-state index in [4.69, 9.17) is 23.9 Å². The number of aryl methyl sites for hydroxylation is 1. The van der Waals surface area contributed by atoms with Crippen molar-refractivity contribution in [2.24, 2.45) is 0 Å². The molecule has 7 nitrogen and oxygen atoms in total. The maximum Gasteiger partial charge on any atom is 0.356 e. The summed E-state index contributed by atoms with van der Waals surface area (Å²) in [7, 11) is 6.08. The second kappa shape index (κ2) is 9.40. The van der Waals surface area contributed by atoms with Crippen LogP contribution >= 0.6 is 0 Å². The maximum atomic E-state index is 12.5. The molecule has 33 heavy (non-hydrogen) atoms. The van der Waals surface area contributed by atoms with Gasteiger partial charge in [-0.05, 0) is 30.7 Å². The van der Waals surface area contributed by atoms with Gasteiger partial charge in [0.1, 0.15) is 5.69 Å². The molecule has 0 amide bonds. The van der Waals surface area contributed by atoms with Crippen molar-refractivity contribution in [2.75, 3.05) is 28.4 Å². The molecule has 0 aliphatic carbocycles. The largest absolute Gasteiger partial charge is 0.493 e. The molecule has 2 aromatic carbocycles. The number of methoxy groups -OCH3 is 4. The van der Waals surface area contributed by atoms with E-state index < -0.39 is 5.97 Å². The molecular weight excluding hydrogens is 420 g/mol. The van der Waals surface area contributed by atoms with Crippen LogP contribution < -0.4 is 14.2 Å². The Balaban J connectivity index is 2.14. The number of aromatic nitrogens is 2. The van der Waals surface area contributed by atoms with E-state index in [1.54, 1.807) is 21.3 Å². The Kier molecular flexibility index (Phi) is 6.40. The first-order valence-electron chi connectivity index (χ1n) is 10.9. The molecule has 0 aliphatic rings. The molecule has 2 aromatic heterocycles. The van der Waals surface area contributed by atoms with Gasteiger partial charge in [0.05, 0.1) is 39.6 Å². The van der Waals surface area contributed by atoms with E-state index in [-0.39, 0.29) is 5.69 Å². The number of fused-ring (bicyclic) bond motifs is 3. The Morgan fingerprint density at radius 3 is 2.24 bits per heavy atom. The van der Waals surface area contributed by atoms with E-state index in [2.05, 4.69) is 23.6 Å². The van der Waals surface area contributed by atoms with Gasteiger partial charge in [-0.2, -0.15) is 0 Å². The SMILES string of the molecule is CCCCn1c2ccccc2c2cc(C(=O)OC)nc(-c3cc(OC)c(OC)c(OC)c3)c21. The van der Waals surface area contributed by atoms with Crippen LogP contribution in [0.5, 0.6) is 17.2 Å². The number of unbranched alkanes of at least 4 members (excludes halogenated alkanes) is 1. The van der Waals surface area contributed by atoms with Gasteiger partial charge >= 0.3 is 5.97 Å². The highest BCUT2D eigenvalue weighted by atomic mass is 16.5. The highest BCUT2D eigenvalue weighted by Crippen LogP contribution is 2.43. The number of ether oxygens (including phenoxy) is 4. The lowest BCUT2D eigenvalue weighted by atomic mass is 10.0. The first kappa shape index (κ1) is 22.5. The number of esters is 1. The molecule has 4 aromatic rings. The fourth-order valence-electron chi connectivity index (χ4n) is 4.25. The average Bonchev–Trinajstić information content (AvgIpc) is 3.18. The minimum absolute atomic E-state index is 0.243. The number of pyridine rings is 1. The Labute approximate surface area is 192 Å². The molecule has 0 spiro atoms. The normalized spacial score (nSPS) is 11.1. The van der Waals surface area contributed by atoms with Crippen molar-refractivity contribution in [3.05, 3.63) is 48.2 Å². The van der Waals surface area contributed by atoms with Crippen molar-refractivity contribution in [3.63, 3.8) is 0 Å². The number of benzene rings is 2. The third-order valence-corrected chi connectivity index (χ3v) is 5.82. The minimum atomic E-state index is -0.490. The molecule has 0 unspecified atom stereocenters. The Morgan fingerprint density at radius 1 is 0.939 bits per heavy atom. The summed E-state index contributed by atoms with van der Waals surface area (Å²) in [5.41, 5.74) is 3.69. The molecule has 0 radical (unpaired) electrons. The molecule has 0 fully saturated rings. The molecule has 0 saturated heterocycles. The fraction of sp³-hybridized carbons (Fsp3) is 0.308. The zero-order chi connectivity index (χ0) is 23.5. The fourth-order valence-corrected chi connectivity index (χ4v) is 4.25. The number of carbonyl (C=O) groups is 1. The van der Waals surface area contributed by atoms with Crippen molar-refractivity contribution in [1.82, 2.24) is 9.55 Å². The van der Waals surface area contributed by atoms with E-state index in [0.29, 0.717) is 22.9 Å². The summed E-state index contributed by atoms with van der Waals surface area (Å²) in [5, 5.41) is 2.01. The predicted octanol–water partition coefficient (Wildman–Crippen LogP) is 5.47. The second-order valence-electron chi connectivity index (χ2n) is 7.68. The van der Waals surface area contributed by atoms with Gasteiger partial charge in [-0.25, -0.2) is 9.78 Å². The van der Waals surface area contributed by atoms with Crippen LogP contribution in [-0.4, -0.2) is 44.0 Å². The lowest BCUT2D eigenvalue weighted by Crippen LogP contribution is -2.07. The van der Waals surface area contributed by atoms with Crippen LogP contribution in [0.15, 0.2) is 42.5 Å². The van der Waals surface area contributed by atoms with Crippen LogP contribution in [0.3, 0.4) is 0 Å². The topological polar surface area (TPSA) is 71.8 Å². The smallest absolute Gasteiger partial charge is 0.356 e. The molecule has 4 rings (SSSR count). The van der Waals surface area contributed by atoms with E-state index in [1.165, 1.54) is 7.11 Å². The van der Waals surface area contributed by atoms with Gasteiger partial charge in [0.2, 0.25) is 5.75 Å². The Morgan fingerprint density at radius 2 is 1.64 bits per heavy atom. The average molecular weight is 449 g/mol. The molecule has 0 bridgehead atoms. The third kappa shape index (κ3) is 3.84. The first-order valence-corrected chi connectivity index (χ1v) is 10.9. The molecule has 0 atom stereocenters. The Hall–Kier alpha value is -3.74. The summed E-state index contributed by atoms with van der Waals surface area (Å²) < 4.78 is 23.9. The molecular formula is C26H28N2O5. The zero-order valence-electron chi connectivity index (χ0n) is 19.6. The quantitative estimate of drug-likeness (QED) is 0.333. The van der Waals surface area contributed by atoms with E-state index in [1.807, 2.05) is 30.3 Å². The minimum Gasteiger partial charge on any atom is -0.493 e. The summed E-state index contributed by atoms with van der Waals surface area (Å²) >= 11 is 0. The summed E-state index contributed by atoms with van der Waals surface area (Å²) in [4.78, 5) is 17.3. The van der Waals surface area contributed by atoms with Crippen LogP contribution in [0.25, 0.3) is 33.1 Å². The van der Waals surface area contributed by atoms with Gasteiger partial charge in [0.15, 0.2) is 11.5 Å². The monoisotopic (exact) mass is 448 g/mol. The highest BCUT2D eigenvalue weighted by molar-refractivity contribution is 6.13. The molecule has 0 saturated carbocycles. The number of rotatable bonds is 8. The third-order valence-electron chi connectivity index (χ3n) is 5.82. The number of hydrogen-bond acceptors (Lipinski definition) is 6. The number of para-hydroxylation sites is 1. The molecule has 172 valence electrons. The van der Waals surface area contributed by atoms with Gasteiger partial charge in [0.25, 0.3) is 0 Å². The van der Waals surface area contributed by atoms with Crippen LogP contribution in [0, 0.1) is 0 Å². The zero-order valence-corrected chi connectivity index (χ0v) is 19.6. The van der Waals surface area contributed by atoms with Crippen LogP contribution in [0.2, 0.25) is 0 Å². The summed E-state index contributed by atoms with van der Waals surface area (Å²) in [6, 6.07) is 13.7. The highest BCUT2D eigenvalue weighted by Gasteiger charge is 2.23. The van der Waals surface area contributed by atoms with E-state index >= 15 is 0 Å². The van der Waals surface area contributed by atoms with Crippen molar-refractivity contribution in [3.8, 4) is 28.5 Å². The first-order chi connectivity index (χ1) is 16.1. The molecule has 0 aliphatic heterocycles. The second-order valence-corrected chi connectivity index (χ2v) is 7.68. The summed E-state index contributed by atoms with van der Waals surface area (Å²) in [6.07, 6.45) is 2.07. The van der Waals surface area contributed by atoms with E-state index in [0.717, 1.165) is 46.8 Å². The molecule has 2 heterocycles. The van der Waals surface area contributed by atoms with Crippen LogP contribution in [0.1, 0.15) is 30.3 Å². The summed E-state index contributed by atoms with van der Waals surface area (Å²) in [6.45, 7) is 3.00. The molecule has 7 heteroatoms. The van der Waals surface area contributed by atoms with Gasteiger partial charge in [0, 0.05) is 28.4 Å². The number of nitrogens with zero attached hydrogens (tertiary/aromatic N) is 2. The van der Waals surface area contributed by atoms with Gasteiger partial charge in [-0.3, -0.25) is 0 Å².